The molecule has 4 heteroatoms. The number of hydrogen-bond acceptors (Lipinski definition) is 3. The molecule has 4 nitrogen and oxygen atoms in total. The summed E-state index contributed by atoms with van der Waals surface area (Å²) in [7, 11) is 0. The Labute approximate surface area is 104 Å². The molecule has 0 aromatic rings. The van der Waals surface area contributed by atoms with E-state index in [2.05, 4.69) is 17.6 Å². The SMILES string of the molecule is CCC(C)NC(=O)C(C)NCC1(CCO)CC1. The van der Waals surface area contributed by atoms with Crippen molar-refractivity contribution in [2.45, 2.75) is 58.5 Å². The molecule has 0 spiro atoms. The van der Waals surface area contributed by atoms with Gasteiger partial charge in [0.2, 0.25) is 5.91 Å². The topological polar surface area (TPSA) is 61.4 Å². The average Bonchev–Trinajstić information content (AvgIpc) is 3.06. The Kier molecular flexibility index (Phi) is 5.40. The van der Waals surface area contributed by atoms with E-state index in [4.69, 9.17) is 5.11 Å². The van der Waals surface area contributed by atoms with Crippen molar-refractivity contribution in [1.82, 2.24) is 10.6 Å². The van der Waals surface area contributed by atoms with Crippen molar-refractivity contribution < 1.29 is 9.90 Å². The summed E-state index contributed by atoms with van der Waals surface area (Å²) in [6, 6.07) is 0.0826. The maximum atomic E-state index is 11.8. The van der Waals surface area contributed by atoms with Crippen LogP contribution >= 0.6 is 0 Å². The van der Waals surface area contributed by atoms with E-state index in [1.165, 1.54) is 12.8 Å². The van der Waals surface area contributed by atoms with Crippen LogP contribution in [0.5, 0.6) is 0 Å². The van der Waals surface area contributed by atoms with E-state index in [9.17, 15) is 4.79 Å². The third-order valence-corrected chi connectivity index (χ3v) is 3.78. The lowest BCUT2D eigenvalue weighted by molar-refractivity contribution is -0.123. The van der Waals surface area contributed by atoms with E-state index in [0.717, 1.165) is 19.4 Å². The second-order valence-electron chi connectivity index (χ2n) is 5.39. The lowest BCUT2D eigenvalue weighted by atomic mass is 10.0. The summed E-state index contributed by atoms with van der Waals surface area (Å²) in [5.41, 5.74) is 0.264. The quantitative estimate of drug-likeness (QED) is 0.596. The molecule has 1 saturated carbocycles. The van der Waals surface area contributed by atoms with Crippen LogP contribution in [0.25, 0.3) is 0 Å². The van der Waals surface area contributed by atoms with Gasteiger partial charge in [-0.25, -0.2) is 0 Å². The van der Waals surface area contributed by atoms with Crippen molar-refractivity contribution in [3.8, 4) is 0 Å². The number of nitrogens with one attached hydrogen (secondary N) is 2. The molecule has 3 N–H and O–H groups in total. The Morgan fingerprint density at radius 3 is 2.53 bits per heavy atom. The molecule has 0 aromatic carbocycles. The van der Waals surface area contributed by atoms with Gasteiger partial charge in [-0.05, 0) is 44.9 Å². The Balaban J connectivity index is 2.24. The summed E-state index contributed by atoms with van der Waals surface area (Å²) in [5.74, 6) is 0.0687. The molecule has 1 aliphatic rings. The van der Waals surface area contributed by atoms with Gasteiger partial charge < -0.3 is 15.7 Å². The van der Waals surface area contributed by atoms with Crippen LogP contribution in [0.15, 0.2) is 0 Å². The minimum absolute atomic E-state index is 0.0687. The van der Waals surface area contributed by atoms with E-state index in [1.54, 1.807) is 0 Å². The molecule has 2 unspecified atom stereocenters. The Morgan fingerprint density at radius 1 is 1.41 bits per heavy atom. The van der Waals surface area contributed by atoms with E-state index >= 15 is 0 Å². The van der Waals surface area contributed by atoms with Gasteiger partial charge in [-0.2, -0.15) is 0 Å². The van der Waals surface area contributed by atoms with E-state index in [0.29, 0.717) is 0 Å². The number of aliphatic hydroxyl groups excluding tert-OH is 1. The maximum absolute atomic E-state index is 11.8. The number of carbonyl (C=O) groups excluding carboxylic acids is 1. The smallest absolute Gasteiger partial charge is 0.237 e. The van der Waals surface area contributed by atoms with Gasteiger partial charge in [-0.1, -0.05) is 6.92 Å². The first kappa shape index (κ1) is 14.5. The summed E-state index contributed by atoms with van der Waals surface area (Å²) >= 11 is 0. The molecule has 0 saturated heterocycles. The van der Waals surface area contributed by atoms with Crippen LogP contribution in [0, 0.1) is 5.41 Å². The summed E-state index contributed by atoms with van der Waals surface area (Å²) in [6.45, 7) is 7.05. The zero-order valence-electron chi connectivity index (χ0n) is 11.3. The maximum Gasteiger partial charge on any atom is 0.237 e. The standard InChI is InChI=1S/C13H26N2O2/c1-4-10(2)15-12(17)11(3)14-9-13(5-6-13)7-8-16/h10-11,14,16H,4-9H2,1-3H3,(H,15,17). The van der Waals surface area contributed by atoms with Crippen LogP contribution in [0.2, 0.25) is 0 Å². The highest BCUT2D eigenvalue weighted by Crippen LogP contribution is 2.47. The number of carbonyl (C=O) groups is 1. The predicted molar refractivity (Wildman–Crippen MR) is 68.7 cm³/mol. The molecule has 0 bridgehead atoms. The Morgan fingerprint density at radius 2 is 2.06 bits per heavy atom. The van der Waals surface area contributed by atoms with Gasteiger partial charge in [0, 0.05) is 19.2 Å². The lowest BCUT2D eigenvalue weighted by Crippen LogP contribution is -2.46. The average molecular weight is 242 g/mol. The van der Waals surface area contributed by atoms with Gasteiger partial charge in [0.15, 0.2) is 0 Å². The van der Waals surface area contributed by atoms with Crippen LogP contribution in [0.1, 0.15) is 46.5 Å². The molecule has 1 fully saturated rings. The van der Waals surface area contributed by atoms with Gasteiger partial charge in [-0.15, -0.1) is 0 Å². The lowest BCUT2D eigenvalue weighted by Gasteiger charge is -2.20. The highest BCUT2D eigenvalue weighted by atomic mass is 16.3. The summed E-state index contributed by atoms with van der Waals surface area (Å²) in [6.07, 6.45) is 4.13. The number of hydrogen-bond donors (Lipinski definition) is 3. The van der Waals surface area contributed by atoms with Crippen molar-refractivity contribution in [1.29, 1.82) is 0 Å². The highest BCUT2D eigenvalue weighted by Gasteiger charge is 2.41. The van der Waals surface area contributed by atoms with Crippen molar-refractivity contribution in [3.05, 3.63) is 0 Å². The molecule has 1 rings (SSSR count). The fraction of sp³-hybridized carbons (Fsp3) is 0.923. The first-order chi connectivity index (χ1) is 8.03. The van der Waals surface area contributed by atoms with Gasteiger partial charge in [0.1, 0.15) is 0 Å². The molecule has 1 aliphatic carbocycles. The molecular weight excluding hydrogens is 216 g/mol. The van der Waals surface area contributed by atoms with Crippen LogP contribution in [-0.2, 0) is 4.79 Å². The highest BCUT2D eigenvalue weighted by molar-refractivity contribution is 5.81. The Hall–Kier alpha value is -0.610. The van der Waals surface area contributed by atoms with Gasteiger partial charge in [0.25, 0.3) is 0 Å². The molecule has 0 aliphatic heterocycles. The molecule has 2 atom stereocenters. The number of aliphatic hydroxyl groups is 1. The van der Waals surface area contributed by atoms with Crippen LogP contribution in [0.3, 0.4) is 0 Å². The first-order valence-corrected chi connectivity index (χ1v) is 6.67. The third-order valence-electron chi connectivity index (χ3n) is 3.78. The normalized spacial score (nSPS) is 20.7. The summed E-state index contributed by atoms with van der Waals surface area (Å²) in [4.78, 5) is 11.8. The van der Waals surface area contributed by atoms with Crippen molar-refractivity contribution >= 4 is 5.91 Å². The second kappa shape index (κ2) is 6.36. The van der Waals surface area contributed by atoms with Gasteiger partial charge in [0.05, 0.1) is 6.04 Å². The van der Waals surface area contributed by atoms with Crippen LogP contribution in [-0.4, -0.2) is 36.2 Å². The summed E-state index contributed by atoms with van der Waals surface area (Å²) < 4.78 is 0. The summed E-state index contributed by atoms with van der Waals surface area (Å²) in [5, 5.41) is 15.2. The Bertz CT molecular complexity index is 252. The zero-order valence-corrected chi connectivity index (χ0v) is 11.3. The van der Waals surface area contributed by atoms with Crippen molar-refractivity contribution in [2.75, 3.05) is 13.2 Å². The van der Waals surface area contributed by atoms with Crippen molar-refractivity contribution in [3.63, 3.8) is 0 Å². The predicted octanol–water partition coefficient (Wildman–Crippen LogP) is 1.04. The van der Waals surface area contributed by atoms with E-state index in [1.807, 2.05) is 13.8 Å². The number of rotatable bonds is 8. The largest absolute Gasteiger partial charge is 0.396 e. The number of amides is 1. The molecule has 17 heavy (non-hydrogen) atoms. The van der Waals surface area contributed by atoms with Gasteiger partial charge in [-0.3, -0.25) is 4.79 Å². The second-order valence-corrected chi connectivity index (χ2v) is 5.39. The molecule has 0 radical (unpaired) electrons. The van der Waals surface area contributed by atoms with Crippen LogP contribution < -0.4 is 10.6 Å². The fourth-order valence-electron chi connectivity index (χ4n) is 1.86. The molecule has 0 heterocycles. The third kappa shape index (κ3) is 4.64. The fourth-order valence-corrected chi connectivity index (χ4v) is 1.86. The molecular formula is C13H26N2O2. The zero-order chi connectivity index (χ0) is 12.9. The minimum Gasteiger partial charge on any atom is -0.396 e. The molecule has 0 aromatic heterocycles. The van der Waals surface area contributed by atoms with E-state index in [-0.39, 0.29) is 30.0 Å². The van der Waals surface area contributed by atoms with Crippen molar-refractivity contribution in [2.24, 2.45) is 5.41 Å². The molecule has 100 valence electrons. The first-order valence-electron chi connectivity index (χ1n) is 6.67. The monoisotopic (exact) mass is 242 g/mol. The van der Waals surface area contributed by atoms with E-state index < -0.39 is 0 Å². The van der Waals surface area contributed by atoms with Crippen LogP contribution in [0.4, 0.5) is 0 Å². The molecule has 1 amide bonds. The minimum atomic E-state index is -0.153. The van der Waals surface area contributed by atoms with Gasteiger partial charge >= 0.3 is 0 Å².